The van der Waals surface area contributed by atoms with Gasteiger partial charge in [-0.1, -0.05) is 28.1 Å². The average Bonchev–Trinajstić information content (AvgIpc) is 2.70. The van der Waals surface area contributed by atoms with Gasteiger partial charge in [-0.3, -0.25) is 4.90 Å². The van der Waals surface area contributed by atoms with Gasteiger partial charge in [-0.05, 0) is 43.0 Å². The van der Waals surface area contributed by atoms with Crippen molar-refractivity contribution >= 4 is 27.5 Å². The summed E-state index contributed by atoms with van der Waals surface area (Å²) in [6, 6.07) is 8.61. The third-order valence-electron chi connectivity index (χ3n) is 3.21. The Labute approximate surface area is 111 Å². The molecule has 0 saturated carbocycles. The quantitative estimate of drug-likeness (QED) is 0.763. The first-order valence-corrected chi connectivity index (χ1v) is 7.13. The van der Waals surface area contributed by atoms with Crippen molar-refractivity contribution in [3.63, 3.8) is 0 Å². The van der Waals surface area contributed by atoms with Crippen LogP contribution in [0.1, 0.15) is 18.4 Å². The van der Waals surface area contributed by atoms with Crippen molar-refractivity contribution in [1.82, 2.24) is 4.90 Å². The highest BCUT2D eigenvalue weighted by Gasteiger charge is 2.21. The van der Waals surface area contributed by atoms with Crippen LogP contribution in [0.3, 0.4) is 0 Å². The summed E-state index contributed by atoms with van der Waals surface area (Å²) in [6.07, 6.45) is 2.47. The molecule has 0 N–H and O–H groups in total. The van der Waals surface area contributed by atoms with E-state index in [1.54, 1.807) is 0 Å². The summed E-state index contributed by atoms with van der Waals surface area (Å²) in [7, 11) is 0. The van der Waals surface area contributed by atoms with Gasteiger partial charge in [-0.15, -0.1) is 11.6 Å². The highest BCUT2D eigenvalue weighted by atomic mass is 79.9. The van der Waals surface area contributed by atoms with Crippen molar-refractivity contribution in [3.05, 3.63) is 34.3 Å². The van der Waals surface area contributed by atoms with Gasteiger partial charge < -0.3 is 0 Å². The van der Waals surface area contributed by atoms with Crippen LogP contribution in [0.25, 0.3) is 0 Å². The van der Waals surface area contributed by atoms with Crippen LogP contribution in [0.15, 0.2) is 28.7 Å². The minimum atomic E-state index is 0.802. The van der Waals surface area contributed by atoms with Gasteiger partial charge in [0, 0.05) is 23.4 Å². The lowest BCUT2D eigenvalue weighted by Crippen LogP contribution is -2.20. The van der Waals surface area contributed by atoms with Gasteiger partial charge in [-0.25, -0.2) is 0 Å². The SMILES string of the molecule is ClCCC1CCN(Cc2ccc(Br)cc2)C1. The second kappa shape index (κ2) is 6.04. The van der Waals surface area contributed by atoms with Crippen LogP contribution in [0, 0.1) is 5.92 Å². The zero-order valence-corrected chi connectivity index (χ0v) is 11.7. The Morgan fingerprint density at radius 3 is 2.75 bits per heavy atom. The Morgan fingerprint density at radius 1 is 1.31 bits per heavy atom. The second-order valence-corrected chi connectivity index (χ2v) is 5.79. The van der Waals surface area contributed by atoms with Crippen LogP contribution >= 0.6 is 27.5 Å². The molecule has 0 spiro atoms. The zero-order valence-electron chi connectivity index (χ0n) is 9.33. The molecule has 0 aromatic heterocycles. The fourth-order valence-corrected chi connectivity index (χ4v) is 2.87. The molecule has 1 nitrogen and oxygen atoms in total. The van der Waals surface area contributed by atoms with Crippen molar-refractivity contribution in [3.8, 4) is 0 Å². The third-order valence-corrected chi connectivity index (χ3v) is 3.95. The van der Waals surface area contributed by atoms with Crippen LogP contribution in [0.4, 0.5) is 0 Å². The summed E-state index contributed by atoms with van der Waals surface area (Å²) in [6.45, 7) is 3.51. The van der Waals surface area contributed by atoms with Crippen LogP contribution in [-0.4, -0.2) is 23.9 Å². The molecule has 0 radical (unpaired) electrons. The van der Waals surface area contributed by atoms with Gasteiger partial charge in [0.15, 0.2) is 0 Å². The Balaban J connectivity index is 1.84. The molecule has 1 aromatic rings. The van der Waals surface area contributed by atoms with Crippen molar-refractivity contribution in [2.24, 2.45) is 5.92 Å². The topological polar surface area (TPSA) is 3.24 Å². The Kier molecular flexibility index (Phi) is 4.68. The molecule has 88 valence electrons. The van der Waals surface area contributed by atoms with Gasteiger partial charge in [-0.2, -0.15) is 0 Å². The minimum absolute atomic E-state index is 0.802. The lowest BCUT2D eigenvalue weighted by molar-refractivity contribution is 0.315. The predicted molar refractivity (Wildman–Crippen MR) is 72.9 cm³/mol. The van der Waals surface area contributed by atoms with Crippen molar-refractivity contribution in [1.29, 1.82) is 0 Å². The molecule has 0 amide bonds. The smallest absolute Gasteiger partial charge is 0.0233 e. The van der Waals surface area contributed by atoms with Crippen LogP contribution in [0.5, 0.6) is 0 Å². The van der Waals surface area contributed by atoms with Gasteiger partial charge in [0.25, 0.3) is 0 Å². The maximum atomic E-state index is 5.78. The average molecular weight is 303 g/mol. The Morgan fingerprint density at radius 2 is 2.06 bits per heavy atom. The molecule has 1 unspecified atom stereocenters. The largest absolute Gasteiger partial charge is 0.299 e. The fraction of sp³-hybridized carbons (Fsp3) is 0.538. The first-order valence-electron chi connectivity index (χ1n) is 5.80. The summed E-state index contributed by atoms with van der Waals surface area (Å²) in [5.41, 5.74) is 1.40. The molecule has 3 heteroatoms. The molecule has 1 aliphatic rings. The van der Waals surface area contributed by atoms with Crippen molar-refractivity contribution in [2.75, 3.05) is 19.0 Å². The van der Waals surface area contributed by atoms with Crippen molar-refractivity contribution < 1.29 is 0 Å². The van der Waals surface area contributed by atoms with Crippen LogP contribution in [0.2, 0.25) is 0 Å². The van der Waals surface area contributed by atoms with Crippen LogP contribution in [-0.2, 0) is 6.54 Å². The number of alkyl halides is 1. The fourth-order valence-electron chi connectivity index (χ4n) is 2.29. The summed E-state index contributed by atoms with van der Waals surface area (Å²) in [5, 5.41) is 0. The van der Waals surface area contributed by atoms with E-state index in [0.29, 0.717) is 0 Å². The molecular formula is C13H17BrClN. The van der Waals surface area contributed by atoms with E-state index in [-0.39, 0.29) is 0 Å². The zero-order chi connectivity index (χ0) is 11.4. The second-order valence-electron chi connectivity index (χ2n) is 4.49. The van der Waals surface area contributed by atoms with E-state index < -0.39 is 0 Å². The first kappa shape index (κ1) is 12.4. The van der Waals surface area contributed by atoms with E-state index in [0.717, 1.165) is 22.8 Å². The molecule has 1 aromatic carbocycles. The number of benzene rings is 1. The molecular weight excluding hydrogens is 286 g/mol. The lowest BCUT2D eigenvalue weighted by atomic mass is 10.1. The van der Waals surface area contributed by atoms with E-state index in [2.05, 4.69) is 45.1 Å². The predicted octanol–water partition coefficient (Wildman–Crippen LogP) is 3.90. The molecule has 1 fully saturated rings. The molecule has 16 heavy (non-hydrogen) atoms. The highest BCUT2D eigenvalue weighted by Crippen LogP contribution is 2.22. The van der Waals surface area contributed by atoms with Gasteiger partial charge >= 0.3 is 0 Å². The Hall–Kier alpha value is -0.0500. The normalized spacial score (nSPS) is 21.5. The molecule has 1 heterocycles. The van der Waals surface area contributed by atoms with Crippen molar-refractivity contribution in [2.45, 2.75) is 19.4 Å². The van der Waals surface area contributed by atoms with E-state index >= 15 is 0 Å². The van der Waals surface area contributed by atoms with Gasteiger partial charge in [0.05, 0.1) is 0 Å². The maximum Gasteiger partial charge on any atom is 0.0233 e. The number of halogens is 2. The summed E-state index contributed by atoms with van der Waals surface area (Å²) in [5.74, 6) is 1.62. The number of likely N-dealkylation sites (tertiary alicyclic amines) is 1. The summed E-state index contributed by atoms with van der Waals surface area (Å²) >= 11 is 9.24. The molecule has 1 saturated heterocycles. The number of rotatable bonds is 4. The number of nitrogens with zero attached hydrogens (tertiary/aromatic N) is 1. The third kappa shape index (κ3) is 3.47. The number of hydrogen-bond acceptors (Lipinski definition) is 1. The molecule has 2 rings (SSSR count). The lowest BCUT2D eigenvalue weighted by Gasteiger charge is -2.15. The highest BCUT2D eigenvalue weighted by molar-refractivity contribution is 9.10. The minimum Gasteiger partial charge on any atom is -0.299 e. The first-order chi connectivity index (χ1) is 7.78. The maximum absolute atomic E-state index is 5.78. The standard InChI is InChI=1S/C13H17BrClN/c14-13-3-1-11(2-4-13)9-16-8-6-12(10-16)5-7-15/h1-4,12H,5-10H2. The monoisotopic (exact) mass is 301 g/mol. The molecule has 1 aliphatic heterocycles. The molecule has 0 aliphatic carbocycles. The van der Waals surface area contributed by atoms with Gasteiger partial charge in [0.2, 0.25) is 0 Å². The van der Waals surface area contributed by atoms with Crippen LogP contribution < -0.4 is 0 Å². The number of hydrogen-bond donors (Lipinski definition) is 0. The van der Waals surface area contributed by atoms with E-state index in [1.165, 1.54) is 31.5 Å². The summed E-state index contributed by atoms with van der Waals surface area (Å²) < 4.78 is 1.15. The van der Waals surface area contributed by atoms with E-state index in [1.807, 2.05) is 0 Å². The van der Waals surface area contributed by atoms with Gasteiger partial charge in [0.1, 0.15) is 0 Å². The van der Waals surface area contributed by atoms with E-state index in [4.69, 9.17) is 11.6 Å². The molecule has 0 bridgehead atoms. The Bertz CT molecular complexity index is 325. The summed E-state index contributed by atoms with van der Waals surface area (Å²) in [4.78, 5) is 2.53. The molecule has 1 atom stereocenters. The van der Waals surface area contributed by atoms with E-state index in [9.17, 15) is 0 Å².